The lowest BCUT2D eigenvalue weighted by Gasteiger charge is -2.10. The van der Waals surface area contributed by atoms with Gasteiger partial charge in [0.2, 0.25) is 11.8 Å². The Morgan fingerprint density at radius 2 is 1.65 bits per heavy atom. The number of halogens is 2. The second-order valence-corrected chi connectivity index (χ2v) is 13.2. The summed E-state index contributed by atoms with van der Waals surface area (Å²) in [5.74, 6) is 1.25. The number of nitrogens with one attached hydrogen (secondary N) is 5. The van der Waals surface area contributed by atoms with Crippen LogP contribution in [0.25, 0.3) is 0 Å². The van der Waals surface area contributed by atoms with E-state index in [1.807, 2.05) is 48.5 Å². The number of hydrazone groups is 1. The Balaban J connectivity index is 1.23. The highest BCUT2D eigenvalue weighted by molar-refractivity contribution is 9.10. The number of amides is 2. The van der Waals surface area contributed by atoms with E-state index < -0.39 is 0 Å². The van der Waals surface area contributed by atoms with Gasteiger partial charge in [0, 0.05) is 15.4 Å². The average Bonchev–Trinajstić information content (AvgIpc) is 3.25. The molecule has 0 saturated heterocycles. The summed E-state index contributed by atoms with van der Waals surface area (Å²) in [6.07, 6.45) is 1.85. The maximum Gasteiger partial charge on any atom is 0.230 e. The van der Waals surface area contributed by atoms with Crippen LogP contribution in [0.1, 0.15) is 24.0 Å². The molecule has 2 aromatic carbocycles. The summed E-state index contributed by atoms with van der Waals surface area (Å²) in [5, 5.41) is 26.6. The van der Waals surface area contributed by atoms with Gasteiger partial charge >= 0.3 is 0 Å². The lowest BCUT2D eigenvalue weighted by atomic mass is 10.1. The number of nitrogens with zero attached hydrogens (tertiary/aromatic N) is 1. The van der Waals surface area contributed by atoms with Crippen molar-refractivity contribution in [1.29, 1.82) is 10.8 Å². The highest BCUT2D eigenvalue weighted by atomic mass is 79.9. The summed E-state index contributed by atoms with van der Waals surface area (Å²) in [7, 11) is 0. The van der Waals surface area contributed by atoms with Gasteiger partial charge in [-0.3, -0.25) is 25.8 Å². The van der Waals surface area contributed by atoms with E-state index in [9.17, 15) is 9.59 Å². The van der Waals surface area contributed by atoms with Crippen LogP contribution in [0.5, 0.6) is 0 Å². The smallest absolute Gasteiger partial charge is 0.230 e. The predicted octanol–water partition coefficient (Wildman–Crippen LogP) is 5.32. The minimum absolute atomic E-state index is 0.0341. The van der Waals surface area contributed by atoms with E-state index >= 15 is 0 Å². The molecule has 0 aromatic heterocycles. The summed E-state index contributed by atoms with van der Waals surface area (Å²) in [6, 6.07) is 15.1. The van der Waals surface area contributed by atoms with E-state index in [1.54, 1.807) is 11.8 Å². The molecule has 2 aromatic rings. The fourth-order valence-corrected chi connectivity index (χ4v) is 6.79. The van der Waals surface area contributed by atoms with Crippen LogP contribution >= 0.6 is 67.1 Å². The molecule has 0 radical (unpaired) electrons. The number of hydrogen-bond donors (Lipinski definition) is 5. The number of rotatable bonds is 10. The quantitative estimate of drug-likeness (QED) is 0.131. The van der Waals surface area contributed by atoms with Gasteiger partial charge in [-0.25, -0.2) is 0 Å². The van der Waals surface area contributed by atoms with Crippen LogP contribution in [0.15, 0.2) is 62.6 Å². The van der Waals surface area contributed by atoms with Crippen molar-refractivity contribution in [3.63, 3.8) is 0 Å². The zero-order chi connectivity index (χ0) is 26.6. The molecule has 0 aliphatic carbocycles. The highest BCUT2D eigenvalue weighted by Gasteiger charge is 2.20. The molecule has 13 heteroatoms. The molecule has 1 atom stereocenters. The lowest BCUT2D eigenvalue weighted by Crippen LogP contribution is -2.29. The van der Waals surface area contributed by atoms with Crippen molar-refractivity contribution in [2.45, 2.75) is 31.1 Å². The molecule has 5 N–H and O–H groups in total. The highest BCUT2D eigenvalue weighted by Crippen LogP contribution is 2.21. The Morgan fingerprint density at radius 1 is 1.00 bits per heavy atom. The first kappa shape index (κ1) is 29.8. The molecule has 196 valence electrons. The second kappa shape index (κ2) is 15.6. The molecule has 2 amide bonds. The first-order valence-corrected chi connectivity index (χ1v) is 15.7. The lowest BCUT2D eigenvalue weighted by molar-refractivity contribution is -0.119. The van der Waals surface area contributed by atoms with Crippen molar-refractivity contribution in [2.75, 3.05) is 11.5 Å². The third-order valence-corrected chi connectivity index (χ3v) is 8.60. The molecule has 0 bridgehead atoms. The van der Waals surface area contributed by atoms with E-state index in [2.05, 4.69) is 53.0 Å². The Kier molecular flexibility index (Phi) is 12.5. The van der Waals surface area contributed by atoms with E-state index in [4.69, 9.17) is 10.8 Å². The van der Waals surface area contributed by atoms with Gasteiger partial charge in [0.15, 0.2) is 10.3 Å². The monoisotopic (exact) mass is 684 g/mol. The maximum absolute atomic E-state index is 12.3. The molecule has 1 aliphatic heterocycles. The number of hydrogen-bond acceptors (Lipinski definition) is 9. The molecule has 8 nitrogen and oxygen atoms in total. The van der Waals surface area contributed by atoms with Gasteiger partial charge in [0.05, 0.1) is 23.3 Å². The van der Waals surface area contributed by atoms with Crippen molar-refractivity contribution >= 4 is 94.3 Å². The Bertz CT molecular complexity index is 1180. The second-order valence-electron chi connectivity index (χ2n) is 7.87. The normalized spacial score (nSPS) is 14.4. The zero-order valence-electron chi connectivity index (χ0n) is 19.7. The third kappa shape index (κ3) is 11.6. The van der Waals surface area contributed by atoms with Crippen LogP contribution in [0, 0.1) is 10.8 Å². The third-order valence-electron chi connectivity index (χ3n) is 4.79. The topological polar surface area (TPSA) is 130 Å². The fourth-order valence-electron chi connectivity index (χ4n) is 3.15. The summed E-state index contributed by atoms with van der Waals surface area (Å²) in [4.78, 5) is 24.4. The number of thioether (sulfide) groups is 3. The van der Waals surface area contributed by atoms with E-state index in [0.29, 0.717) is 16.6 Å². The molecule has 1 unspecified atom stereocenters. The molecule has 0 spiro atoms. The number of amidine groups is 2. The van der Waals surface area contributed by atoms with E-state index in [1.165, 1.54) is 11.8 Å². The molecular weight excluding hydrogens is 660 g/mol. The first-order chi connectivity index (χ1) is 17.8. The minimum atomic E-state index is -0.273. The fraction of sp³-hybridized carbons (Fsp3) is 0.292. The van der Waals surface area contributed by atoms with Crippen LogP contribution in [0.3, 0.4) is 0 Å². The standard InChI is InChI=1S/C24H26Br2N6O2S3/c25-17-5-1-3-15(11-17)13-20(33)29-23(28)36-19(27)7-9-35-10-8-22-31-32-24(37-22)30-21(34)14-16-4-2-6-18(26)12-16/h1-6,11-12,22,27,31H,7-10,13-14H2,(H2,28,29,33)(H,30,32,34). The first-order valence-electron chi connectivity index (χ1n) is 11.3. The molecule has 3 rings (SSSR count). The summed E-state index contributed by atoms with van der Waals surface area (Å²) >= 11 is 11.0. The molecule has 37 heavy (non-hydrogen) atoms. The molecule has 0 fully saturated rings. The summed E-state index contributed by atoms with van der Waals surface area (Å²) in [5.41, 5.74) is 4.83. The molecular formula is C24H26Br2N6O2S3. The summed E-state index contributed by atoms with van der Waals surface area (Å²) < 4.78 is 1.84. The molecule has 0 saturated carbocycles. The largest absolute Gasteiger partial charge is 0.305 e. The van der Waals surface area contributed by atoms with Gasteiger partial charge in [-0.15, -0.1) is 0 Å². The Hall–Kier alpha value is -1.80. The van der Waals surface area contributed by atoms with E-state index in [-0.39, 0.29) is 35.2 Å². The van der Waals surface area contributed by atoms with Gasteiger partial charge in [-0.2, -0.15) is 16.9 Å². The van der Waals surface area contributed by atoms with Crippen LogP contribution < -0.4 is 16.1 Å². The van der Waals surface area contributed by atoms with Crippen molar-refractivity contribution in [3.8, 4) is 0 Å². The SMILES string of the molecule is N=C(CCSCCC1NN=C(NC(=O)Cc2cccc(Br)c2)S1)SC(=N)NC(=O)Cc1cccc(Br)c1. The van der Waals surface area contributed by atoms with Gasteiger partial charge in [-0.1, -0.05) is 67.9 Å². The van der Waals surface area contributed by atoms with Crippen LogP contribution in [-0.4, -0.2) is 44.1 Å². The predicted molar refractivity (Wildman–Crippen MR) is 164 cm³/mol. The van der Waals surface area contributed by atoms with Crippen LogP contribution in [-0.2, 0) is 22.4 Å². The van der Waals surface area contributed by atoms with Crippen molar-refractivity contribution < 1.29 is 9.59 Å². The number of carbonyl (C=O) groups is 2. The van der Waals surface area contributed by atoms with Crippen molar-refractivity contribution in [3.05, 3.63) is 68.6 Å². The maximum atomic E-state index is 12.3. The number of benzene rings is 2. The Morgan fingerprint density at radius 3 is 2.30 bits per heavy atom. The van der Waals surface area contributed by atoms with Crippen molar-refractivity contribution in [1.82, 2.24) is 16.1 Å². The number of carbonyl (C=O) groups excluding carboxylic acids is 2. The van der Waals surface area contributed by atoms with Gasteiger partial charge in [-0.05, 0) is 65.1 Å². The molecule has 1 heterocycles. The van der Waals surface area contributed by atoms with Gasteiger partial charge in [0.1, 0.15) is 0 Å². The zero-order valence-corrected chi connectivity index (χ0v) is 25.3. The van der Waals surface area contributed by atoms with Crippen LogP contribution in [0.2, 0.25) is 0 Å². The van der Waals surface area contributed by atoms with Crippen LogP contribution in [0.4, 0.5) is 0 Å². The minimum Gasteiger partial charge on any atom is -0.305 e. The van der Waals surface area contributed by atoms with Gasteiger partial charge < -0.3 is 10.6 Å². The van der Waals surface area contributed by atoms with E-state index in [0.717, 1.165) is 49.8 Å². The van der Waals surface area contributed by atoms with Crippen molar-refractivity contribution in [2.24, 2.45) is 5.10 Å². The molecule has 1 aliphatic rings. The summed E-state index contributed by atoms with van der Waals surface area (Å²) in [6.45, 7) is 0. The Labute approximate surface area is 245 Å². The van der Waals surface area contributed by atoms with Gasteiger partial charge in [0.25, 0.3) is 0 Å². The average molecular weight is 687 g/mol.